The summed E-state index contributed by atoms with van der Waals surface area (Å²) in [5.41, 5.74) is 0.847. The van der Waals surface area contributed by atoms with E-state index in [1.165, 1.54) is 4.90 Å². The number of hydrogen-bond donors (Lipinski definition) is 1. The molecule has 0 atom stereocenters. The summed E-state index contributed by atoms with van der Waals surface area (Å²) in [5, 5.41) is 2.92. The number of carbonyl (C=O) groups excluding carboxylic acids is 3. The molecule has 2 fully saturated rings. The van der Waals surface area contributed by atoms with Crippen LogP contribution >= 0.6 is 0 Å². The first-order valence-corrected chi connectivity index (χ1v) is 11.4. The zero-order valence-corrected chi connectivity index (χ0v) is 19.9. The minimum Gasteiger partial charge on any atom is -0.497 e. The number of nitrogens with one attached hydrogen (secondary N) is 1. The number of carbonyl (C=O) groups is 3. The van der Waals surface area contributed by atoms with E-state index < -0.39 is 5.54 Å². The number of ether oxygens (including phenoxy) is 1. The van der Waals surface area contributed by atoms with Gasteiger partial charge in [-0.05, 0) is 49.2 Å². The first-order chi connectivity index (χ1) is 16.3. The number of anilines is 2. The normalized spacial score (nSPS) is 17.1. The molecule has 1 spiro atoms. The van der Waals surface area contributed by atoms with E-state index in [1.54, 1.807) is 55.3 Å². The van der Waals surface area contributed by atoms with Crippen LogP contribution in [-0.4, -0.2) is 85.6 Å². The van der Waals surface area contributed by atoms with Crippen molar-refractivity contribution < 1.29 is 19.1 Å². The van der Waals surface area contributed by atoms with Crippen molar-refractivity contribution in [2.45, 2.75) is 18.4 Å². The predicted octanol–water partition coefficient (Wildman–Crippen LogP) is 2.46. The fourth-order valence-electron chi connectivity index (χ4n) is 4.58. The van der Waals surface area contributed by atoms with Crippen molar-refractivity contribution in [1.82, 2.24) is 14.7 Å². The number of para-hydroxylation sites is 1. The van der Waals surface area contributed by atoms with Crippen LogP contribution < -0.4 is 15.0 Å². The van der Waals surface area contributed by atoms with Crippen molar-refractivity contribution in [3.63, 3.8) is 0 Å². The van der Waals surface area contributed by atoms with Gasteiger partial charge in [-0.25, -0.2) is 4.79 Å². The molecule has 34 heavy (non-hydrogen) atoms. The highest BCUT2D eigenvalue weighted by atomic mass is 16.5. The number of benzene rings is 2. The van der Waals surface area contributed by atoms with E-state index in [2.05, 4.69) is 10.2 Å². The number of likely N-dealkylation sites (N-methyl/N-ethyl adjacent to an activating group) is 1. The number of nitrogens with zero attached hydrogens (tertiary/aromatic N) is 4. The first-order valence-electron chi connectivity index (χ1n) is 11.4. The summed E-state index contributed by atoms with van der Waals surface area (Å²) < 4.78 is 5.16. The summed E-state index contributed by atoms with van der Waals surface area (Å²) >= 11 is 0. The van der Waals surface area contributed by atoms with Gasteiger partial charge >= 0.3 is 6.03 Å². The molecule has 0 aromatic heterocycles. The van der Waals surface area contributed by atoms with E-state index in [0.29, 0.717) is 38.3 Å². The van der Waals surface area contributed by atoms with Crippen LogP contribution in [0.25, 0.3) is 0 Å². The fraction of sp³-hybridized carbons (Fsp3) is 0.400. The summed E-state index contributed by atoms with van der Waals surface area (Å²) in [4.78, 5) is 45.8. The van der Waals surface area contributed by atoms with Crippen LogP contribution in [0.15, 0.2) is 54.6 Å². The lowest BCUT2D eigenvalue weighted by atomic mass is 9.85. The Kier molecular flexibility index (Phi) is 6.63. The number of hydrogen-bond acceptors (Lipinski definition) is 5. The number of amides is 4. The Morgan fingerprint density at radius 3 is 2.26 bits per heavy atom. The Hall–Kier alpha value is -3.75. The average molecular weight is 466 g/mol. The lowest BCUT2D eigenvalue weighted by Gasteiger charge is -2.43. The molecule has 2 saturated heterocycles. The number of piperidine rings is 1. The molecule has 0 unspecified atom stereocenters. The van der Waals surface area contributed by atoms with Gasteiger partial charge in [0.15, 0.2) is 0 Å². The van der Waals surface area contributed by atoms with E-state index in [4.69, 9.17) is 4.74 Å². The number of likely N-dealkylation sites (tertiary alicyclic amines) is 1. The third kappa shape index (κ3) is 4.50. The molecular formula is C25H31N5O4. The van der Waals surface area contributed by atoms with Crippen molar-refractivity contribution >= 4 is 29.2 Å². The minimum atomic E-state index is -0.773. The standard InChI is InChI=1S/C25H31N5O4/c1-27(2)22(31)17-29-18-30(20-7-5-4-6-8-20)25(23(29)32)13-15-28(16-14-25)24(33)26-19-9-11-21(34-3)12-10-19/h4-12H,13-18H2,1-3H3,(H,26,33). The van der Waals surface area contributed by atoms with Crippen molar-refractivity contribution in [2.75, 3.05) is 57.7 Å². The third-order valence-electron chi connectivity index (χ3n) is 6.63. The maximum absolute atomic E-state index is 13.6. The quantitative estimate of drug-likeness (QED) is 0.733. The minimum absolute atomic E-state index is 0.0403. The van der Waals surface area contributed by atoms with Gasteiger partial charge in [0.1, 0.15) is 17.8 Å². The van der Waals surface area contributed by atoms with E-state index in [-0.39, 0.29) is 24.4 Å². The van der Waals surface area contributed by atoms with E-state index in [9.17, 15) is 14.4 Å². The Bertz CT molecular complexity index is 1030. The molecule has 2 heterocycles. The van der Waals surface area contributed by atoms with Gasteiger partial charge in [-0.15, -0.1) is 0 Å². The zero-order chi connectivity index (χ0) is 24.3. The molecule has 0 radical (unpaired) electrons. The summed E-state index contributed by atoms with van der Waals surface area (Å²) in [5.74, 6) is 0.549. The van der Waals surface area contributed by atoms with E-state index in [0.717, 1.165) is 11.4 Å². The van der Waals surface area contributed by atoms with Gasteiger partial charge in [-0.3, -0.25) is 9.59 Å². The molecule has 9 nitrogen and oxygen atoms in total. The van der Waals surface area contributed by atoms with Gasteiger partial charge in [0, 0.05) is 38.6 Å². The van der Waals surface area contributed by atoms with Gasteiger partial charge in [0.25, 0.3) is 5.91 Å². The highest BCUT2D eigenvalue weighted by Crippen LogP contribution is 2.39. The van der Waals surface area contributed by atoms with Crippen molar-refractivity contribution in [3.05, 3.63) is 54.6 Å². The lowest BCUT2D eigenvalue weighted by molar-refractivity contribution is -0.139. The molecule has 1 N–H and O–H groups in total. The van der Waals surface area contributed by atoms with Crippen LogP contribution in [0.5, 0.6) is 5.75 Å². The molecule has 0 saturated carbocycles. The summed E-state index contributed by atoms with van der Waals surface area (Å²) in [6.07, 6.45) is 0.979. The Balaban J connectivity index is 1.49. The number of urea groups is 1. The lowest BCUT2D eigenvalue weighted by Crippen LogP contribution is -2.58. The van der Waals surface area contributed by atoms with Crippen LogP contribution in [0, 0.1) is 0 Å². The van der Waals surface area contributed by atoms with Crippen LogP contribution in [0.1, 0.15) is 12.8 Å². The Labute approximate surface area is 199 Å². The SMILES string of the molecule is COc1ccc(NC(=O)N2CCC3(CC2)C(=O)N(CC(=O)N(C)C)CN3c2ccccc2)cc1. The molecule has 0 bridgehead atoms. The second kappa shape index (κ2) is 9.62. The molecule has 2 aliphatic heterocycles. The zero-order valence-electron chi connectivity index (χ0n) is 19.9. The molecule has 0 aliphatic carbocycles. The van der Waals surface area contributed by atoms with E-state index >= 15 is 0 Å². The maximum Gasteiger partial charge on any atom is 0.321 e. The van der Waals surface area contributed by atoms with Crippen molar-refractivity contribution in [2.24, 2.45) is 0 Å². The predicted molar refractivity (Wildman–Crippen MR) is 130 cm³/mol. The molecule has 2 aromatic rings. The van der Waals surface area contributed by atoms with Crippen molar-refractivity contribution in [1.29, 1.82) is 0 Å². The second-order valence-electron chi connectivity index (χ2n) is 8.87. The molecule has 2 aromatic carbocycles. The Morgan fingerprint density at radius 1 is 1.03 bits per heavy atom. The van der Waals surface area contributed by atoms with Gasteiger partial charge in [-0.2, -0.15) is 0 Å². The molecule has 4 rings (SSSR count). The molecule has 2 aliphatic rings. The average Bonchev–Trinajstić information content (AvgIpc) is 3.11. The van der Waals surface area contributed by atoms with Gasteiger partial charge < -0.3 is 29.7 Å². The molecule has 9 heteroatoms. The second-order valence-corrected chi connectivity index (χ2v) is 8.87. The van der Waals surface area contributed by atoms with Crippen LogP contribution in [0.4, 0.5) is 16.2 Å². The Morgan fingerprint density at radius 2 is 1.68 bits per heavy atom. The smallest absolute Gasteiger partial charge is 0.321 e. The topological polar surface area (TPSA) is 85.4 Å². The highest BCUT2D eigenvalue weighted by Gasteiger charge is 2.54. The van der Waals surface area contributed by atoms with E-state index in [1.807, 2.05) is 30.3 Å². The van der Waals surface area contributed by atoms with Crippen molar-refractivity contribution in [3.8, 4) is 5.75 Å². The van der Waals surface area contributed by atoms with Gasteiger partial charge in [-0.1, -0.05) is 18.2 Å². The summed E-state index contributed by atoms with van der Waals surface area (Å²) in [6.45, 7) is 1.26. The summed E-state index contributed by atoms with van der Waals surface area (Å²) in [7, 11) is 4.97. The number of methoxy groups -OCH3 is 1. The third-order valence-corrected chi connectivity index (χ3v) is 6.63. The molecular weight excluding hydrogens is 434 g/mol. The fourth-order valence-corrected chi connectivity index (χ4v) is 4.58. The molecule has 4 amide bonds. The largest absolute Gasteiger partial charge is 0.497 e. The first kappa shape index (κ1) is 23.4. The van der Waals surface area contributed by atoms with Gasteiger partial charge in [0.05, 0.1) is 13.8 Å². The monoisotopic (exact) mass is 465 g/mol. The van der Waals surface area contributed by atoms with Crippen LogP contribution in [0.3, 0.4) is 0 Å². The summed E-state index contributed by atoms with van der Waals surface area (Å²) in [6, 6.07) is 16.8. The highest BCUT2D eigenvalue weighted by molar-refractivity contribution is 5.96. The maximum atomic E-state index is 13.6. The number of rotatable bonds is 5. The van der Waals surface area contributed by atoms with Crippen LogP contribution in [0.2, 0.25) is 0 Å². The molecule has 180 valence electrons. The van der Waals surface area contributed by atoms with Gasteiger partial charge in [0.2, 0.25) is 5.91 Å². The van der Waals surface area contributed by atoms with Crippen LogP contribution in [-0.2, 0) is 9.59 Å².